The van der Waals surface area contributed by atoms with Crippen molar-refractivity contribution in [2.75, 3.05) is 0 Å². The maximum Gasteiger partial charge on any atom is 0.276 e. The van der Waals surface area contributed by atoms with Crippen LogP contribution in [0.1, 0.15) is 23.6 Å². The lowest BCUT2D eigenvalue weighted by molar-refractivity contribution is 0.584. The molecule has 0 radical (unpaired) electrons. The lowest BCUT2D eigenvalue weighted by atomic mass is 10.1. The summed E-state index contributed by atoms with van der Waals surface area (Å²) in [6.45, 7) is 3.86. The number of rotatable bonds is 5. The molecule has 0 atom stereocenters. The summed E-state index contributed by atoms with van der Waals surface area (Å²) in [5.74, 6) is 0. The van der Waals surface area contributed by atoms with Crippen molar-refractivity contribution in [3.63, 3.8) is 0 Å². The minimum Gasteiger partial charge on any atom is -0.463 e. The molecule has 7 heteroatoms. The van der Waals surface area contributed by atoms with Crippen LogP contribution in [0.25, 0.3) is 11.0 Å². The highest BCUT2D eigenvalue weighted by molar-refractivity contribution is 7.89. The maximum absolute atomic E-state index is 12.5. The molecule has 0 amide bonds. The normalized spacial score (nSPS) is 11.9. The SMILES string of the molecule is CCc1ccc2occ(/C=N/NS(=O)(=O)c3ccc(C)cc3)c(=O)c2c1. The maximum atomic E-state index is 12.5. The fourth-order valence-electron chi connectivity index (χ4n) is 2.44. The second kappa shape index (κ2) is 7.13. The quantitative estimate of drug-likeness (QED) is 0.552. The third-order valence-electron chi connectivity index (χ3n) is 3.98. The third-order valence-corrected chi connectivity index (χ3v) is 5.22. The Balaban J connectivity index is 1.87. The molecule has 1 N–H and O–H groups in total. The zero-order valence-electron chi connectivity index (χ0n) is 14.4. The number of hydrazone groups is 1. The van der Waals surface area contributed by atoms with E-state index in [1.807, 2.05) is 19.9 Å². The molecule has 0 fully saturated rings. The van der Waals surface area contributed by atoms with Gasteiger partial charge in [-0.05, 0) is 43.2 Å². The zero-order valence-corrected chi connectivity index (χ0v) is 15.2. The molecule has 134 valence electrons. The molecule has 0 unspecified atom stereocenters. The van der Waals surface area contributed by atoms with Crippen LogP contribution in [0.2, 0.25) is 0 Å². The topological polar surface area (TPSA) is 88.7 Å². The summed E-state index contributed by atoms with van der Waals surface area (Å²) in [6.07, 6.45) is 3.21. The van der Waals surface area contributed by atoms with Crippen LogP contribution in [-0.2, 0) is 16.4 Å². The van der Waals surface area contributed by atoms with Gasteiger partial charge in [0, 0.05) is 0 Å². The first-order valence-electron chi connectivity index (χ1n) is 8.06. The number of hydrogen-bond acceptors (Lipinski definition) is 5. The summed E-state index contributed by atoms with van der Waals surface area (Å²) >= 11 is 0. The second-order valence-corrected chi connectivity index (χ2v) is 7.53. The first-order chi connectivity index (χ1) is 12.4. The second-order valence-electron chi connectivity index (χ2n) is 5.87. The van der Waals surface area contributed by atoms with Crippen LogP contribution < -0.4 is 10.3 Å². The Bertz CT molecular complexity index is 1130. The van der Waals surface area contributed by atoms with Crippen molar-refractivity contribution in [1.82, 2.24) is 4.83 Å². The first-order valence-corrected chi connectivity index (χ1v) is 9.55. The molecule has 0 aliphatic carbocycles. The number of nitrogens with zero attached hydrogens (tertiary/aromatic N) is 1. The zero-order chi connectivity index (χ0) is 18.7. The van der Waals surface area contributed by atoms with Crippen molar-refractivity contribution < 1.29 is 12.8 Å². The van der Waals surface area contributed by atoms with Crippen molar-refractivity contribution in [3.05, 3.63) is 75.6 Å². The number of aryl methyl sites for hydroxylation is 2. The number of hydrogen-bond donors (Lipinski definition) is 1. The Morgan fingerprint density at radius 2 is 1.88 bits per heavy atom. The van der Waals surface area contributed by atoms with Crippen LogP contribution in [0.15, 0.2) is 67.9 Å². The monoisotopic (exact) mass is 370 g/mol. The standard InChI is InChI=1S/C19H18N2O4S/c1-3-14-6-9-18-17(10-14)19(22)15(12-25-18)11-20-21-26(23,24)16-7-4-13(2)5-8-16/h4-12,21H,3H2,1-2H3/b20-11+. The lowest BCUT2D eigenvalue weighted by Crippen LogP contribution is -2.19. The van der Waals surface area contributed by atoms with Crippen LogP contribution in [-0.4, -0.2) is 14.6 Å². The van der Waals surface area contributed by atoms with Gasteiger partial charge >= 0.3 is 0 Å². The molecule has 26 heavy (non-hydrogen) atoms. The van der Waals surface area contributed by atoms with Gasteiger partial charge in [0.05, 0.1) is 22.1 Å². The Labute approximate surface area is 151 Å². The van der Waals surface area contributed by atoms with E-state index < -0.39 is 10.0 Å². The van der Waals surface area contributed by atoms with E-state index in [1.54, 1.807) is 24.3 Å². The Morgan fingerprint density at radius 1 is 1.15 bits per heavy atom. The van der Waals surface area contributed by atoms with Gasteiger partial charge in [-0.15, -0.1) is 0 Å². The fraction of sp³-hybridized carbons (Fsp3) is 0.158. The Hall–Kier alpha value is -2.93. The Kier molecular flexibility index (Phi) is 4.90. The molecule has 0 saturated heterocycles. The van der Waals surface area contributed by atoms with Gasteiger partial charge in [-0.1, -0.05) is 30.7 Å². The van der Waals surface area contributed by atoms with Crippen LogP contribution in [0.4, 0.5) is 0 Å². The van der Waals surface area contributed by atoms with Crippen molar-refractivity contribution >= 4 is 27.2 Å². The van der Waals surface area contributed by atoms with Crippen LogP contribution in [0.5, 0.6) is 0 Å². The van der Waals surface area contributed by atoms with Crippen molar-refractivity contribution in [2.45, 2.75) is 25.2 Å². The molecule has 0 saturated carbocycles. The molecule has 3 rings (SSSR count). The van der Waals surface area contributed by atoms with Crippen LogP contribution in [0.3, 0.4) is 0 Å². The number of sulfonamides is 1. The van der Waals surface area contributed by atoms with Crippen molar-refractivity contribution in [1.29, 1.82) is 0 Å². The molecule has 0 bridgehead atoms. The van der Waals surface area contributed by atoms with E-state index in [2.05, 4.69) is 9.93 Å². The summed E-state index contributed by atoms with van der Waals surface area (Å²) in [6, 6.07) is 11.8. The minimum atomic E-state index is -3.79. The molecule has 0 aliphatic rings. The molecule has 0 aliphatic heterocycles. The van der Waals surface area contributed by atoms with Crippen molar-refractivity contribution in [3.8, 4) is 0 Å². The molecule has 2 aromatic carbocycles. The number of benzene rings is 2. The molecule has 1 aromatic heterocycles. The summed E-state index contributed by atoms with van der Waals surface area (Å²) in [5, 5.41) is 4.14. The summed E-state index contributed by atoms with van der Waals surface area (Å²) in [4.78, 5) is 14.7. The Morgan fingerprint density at radius 3 is 2.58 bits per heavy atom. The first kappa shape index (κ1) is 17.9. The van der Waals surface area contributed by atoms with E-state index in [1.165, 1.54) is 18.4 Å². The van der Waals surface area contributed by atoms with E-state index in [9.17, 15) is 13.2 Å². The van der Waals surface area contributed by atoms with Gasteiger partial charge < -0.3 is 4.42 Å². The van der Waals surface area contributed by atoms with Crippen LogP contribution >= 0.6 is 0 Å². The fourth-order valence-corrected chi connectivity index (χ4v) is 3.23. The van der Waals surface area contributed by atoms with Gasteiger partial charge in [-0.3, -0.25) is 4.79 Å². The number of fused-ring (bicyclic) bond motifs is 1. The van der Waals surface area contributed by atoms with E-state index in [0.717, 1.165) is 23.8 Å². The molecule has 6 nitrogen and oxygen atoms in total. The third kappa shape index (κ3) is 3.67. The van der Waals surface area contributed by atoms with E-state index in [0.29, 0.717) is 11.0 Å². The van der Waals surface area contributed by atoms with Gasteiger partial charge in [0.15, 0.2) is 0 Å². The molecular weight excluding hydrogens is 352 g/mol. The van der Waals surface area contributed by atoms with Gasteiger partial charge in [0.1, 0.15) is 11.8 Å². The molecule has 1 heterocycles. The average Bonchev–Trinajstić information content (AvgIpc) is 2.63. The summed E-state index contributed by atoms with van der Waals surface area (Å²) < 4.78 is 29.8. The van der Waals surface area contributed by atoms with E-state index >= 15 is 0 Å². The predicted molar refractivity (Wildman–Crippen MR) is 101 cm³/mol. The largest absolute Gasteiger partial charge is 0.463 e. The van der Waals surface area contributed by atoms with E-state index in [-0.39, 0.29) is 15.9 Å². The summed E-state index contributed by atoms with van der Waals surface area (Å²) in [7, 11) is -3.79. The summed E-state index contributed by atoms with van der Waals surface area (Å²) in [5.41, 5.74) is 2.34. The molecule has 3 aromatic rings. The van der Waals surface area contributed by atoms with Gasteiger partial charge in [-0.2, -0.15) is 13.5 Å². The number of nitrogens with one attached hydrogen (secondary N) is 1. The lowest BCUT2D eigenvalue weighted by Gasteiger charge is -2.04. The smallest absolute Gasteiger partial charge is 0.276 e. The highest BCUT2D eigenvalue weighted by atomic mass is 32.2. The van der Waals surface area contributed by atoms with Gasteiger partial charge in [0.2, 0.25) is 5.43 Å². The van der Waals surface area contributed by atoms with Crippen molar-refractivity contribution in [2.24, 2.45) is 5.10 Å². The minimum absolute atomic E-state index is 0.0957. The van der Waals surface area contributed by atoms with E-state index in [4.69, 9.17) is 4.42 Å². The predicted octanol–water partition coefficient (Wildman–Crippen LogP) is 2.98. The van der Waals surface area contributed by atoms with Gasteiger partial charge in [0.25, 0.3) is 10.0 Å². The molecular formula is C19H18N2O4S. The average molecular weight is 370 g/mol. The molecule has 0 spiro atoms. The highest BCUT2D eigenvalue weighted by Crippen LogP contribution is 2.14. The highest BCUT2D eigenvalue weighted by Gasteiger charge is 2.12. The van der Waals surface area contributed by atoms with Gasteiger partial charge in [-0.25, -0.2) is 4.83 Å². The van der Waals surface area contributed by atoms with Crippen LogP contribution in [0, 0.1) is 6.92 Å².